The largest absolute Gasteiger partial charge is 0.312 e. The molecular weight excluding hydrogens is 188 g/mol. The Morgan fingerprint density at radius 3 is 3.07 bits per heavy atom. The van der Waals surface area contributed by atoms with E-state index in [4.69, 9.17) is 0 Å². The number of carbonyl (C=O) groups excluding carboxylic acids is 1. The summed E-state index contributed by atoms with van der Waals surface area (Å²) in [7, 11) is 0. The zero-order valence-corrected chi connectivity index (χ0v) is 9.23. The molecule has 1 amide bonds. The summed E-state index contributed by atoms with van der Waals surface area (Å²) >= 11 is 0. The third kappa shape index (κ3) is 1.87. The molecule has 3 nitrogen and oxygen atoms in total. The number of nitrogens with zero attached hydrogens (tertiary/aromatic N) is 2. The molecule has 0 fully saturated rings. The molecule has 15 heavy (non-hydrogen) atoms. The fourth-order valence-electron chi connectivity index (χ4n) is 1.96. The van der Waals surface area contributed by atoms with Crippen LogP contribution in [0.2, 0.25) is 0 Å². The number of carbonyl (C=O) groups is 1. The smallest absolute Gasteiger partial charge is 0.229 e. The van der Waals surface area contributed by atoms with Crippen LogP contribution in [0.25, 0.3) is 0 Å². The van der Waals surface area contributed by atoms with Crippen LogP contribution in [0.3, 0.4) is 0 Å². The maximum atomic E-state index is 12.0. The number of aryl methyl sites for hydroxylation is 1. The SMILES string of the molecule is CC(C)C(=O)N1CCCc2cnccc21. The highest BCUT2D eigenvalue weighted by atomic mass is 16.2. The molecule has 1 aromatic heterocycles. The molecular formula is C12H16N2O. The van der Waals surface area contributed by atoms with Gasteiger partial charge in [-0.2, -0.15) is 0 Å². The normalized spacial score (nSPS) is 15.3. The highest BCUT2D eigenvalue weighted by Crippen LogP contribution is 2.26. The first-order valence-corrected chi connectivity index (χ1v) is 5.44. The molecule has 0 unspecified atom stereocenters. The predicted molar refractivity (Wildman–Crippen MR) is 59.7 cm³/mol. The van der Waals surface area contributed by atoms with Gasteiger partial charge in [-0.3, -0.25) is 9.78 Å². The molecule has 2 rings (SSSR count). The summed E-state index contributed by atoms with van der Waals surface area (Å²) in [4.78, 5) is 18.0. The van der Waals surface area contributed by atoms with Crippen molar-refractivity contribution in [1.29, 1.82) is 0 Å². The molecule has 1 aliphatic heterocycles. The van der Waals surface area contributed by atoms with Crippen molar-refractivity contribution < 1.29 is 4.79 Å². The number of hydrogen-bond acceptors (Lipinski definition) is 2. The summed E-state index contributed by atoms with van der Waals surface area (Å²) in [5.74, 6) is 0.270. The van der Waals surface area contributed by atoms with Crippen LogP contribution in [-0.2, 0) is 11.2 Å². The molecule has 0 saturated heterocycles. The van der Waals surface area contributed by atoms with Gasteiger partial charge in [0.2, 0.25) is 5.91 Å². The Morgan fingerprint density at radius 2 is 2.33 bits per heavy atom. The van der Waals surface area contributed by atoms with Crippen molar-refractivity contribution in [2.24, 2.45) is 5.92 Å². The summed E-state index contributed by atoms with van der Waals surface area (Å²) in [6, 6.07) is 1.94. The molecule has 0 saturated carbocycles. The van der Waals surface area contributed by atoms with Crippen molar-refractivity contribution in [2.75, 3.05) is 11.4 Å². The van der Waals surface area contributed by atoms with Gasteiger partial charge in [-0.15, -0.1) is 0 Å². The first kappa shape index (κ1) is 10.1. The van der Waals surface area contributed by atoms with E-state index in [1.165, 1.54) is 5.56 Å². The van der Waals surface area contributed by atoms with E-state index in [1.54, 1.807) is 6.20 Å². The van der Waals surface area contributed by atoms with E-state index in [0.717, 1.165) is 25.1 Å². The molecule has 0 aliphatic carbocycles. The average Bonchev–Trinajstić information content (AvgIpc) is 2.27. The van der Waals surface area contributed by atoms with E-state index < -0.39 is 0 Å². The van der Waals surface area contributed by atoms with E-state index in [0.29, 0.717) is 0 Å². The Hall–Kier alpha value is -1.38. The second-order valence-electron chi connectivity index (χ2n) is 4.25. The number of rotatable bonds is 1. The van der Waals surface area contributed by atoms with Crippen LogP contribution in [-0.4, -0.2) is 17.4 Å². The number of amides is 1. The molecule has 0 atom stereocenters. The maximum Gasteiger partial charge on any atom is 0.229 e. The van der Waals surface area contributed by atoms with Crippen LogP contribution in [0, 0.1) is 5.92 Å². The minimum absolute atomic E-state index is 0.0594. The van der Waals surface area contributed by atoms with Gasteiger partial charge in [0.05, 0.1) is 0 Å². The highest BCUT2D eigenvalue weighted by Gasteiger charge is 2.23. The van der Waals surface area contributed by atoms with Crippen molar-refractivity contribution in [3.05, 3.63) is 24.0 Å². The van der Waals surface area contributed by atoms with Gasteiger partial charge >= 0.3 is 0 Å². The molecule has 2 heterocycles. The summed E-state index contributed by atoms with van der Waals surface area (Å²) < 4.78 is 0. The first-order chi connectivity index (χ1) is 7.20. The van der Waals surface area contributed by atoms with Gasteiger partial charge in [0.15, 0.2) is 0 Å². The lowest BCUT2D eigenvalue weighted by molar-refractivity contribution is -0.121. The maximum absolute atomic E-state index is 12.0. The third-order valence-electron chi connectivity index (χ3n) is 2.76. The topological polar surface area (TPSA) is 33.2 Å². The van der Waals surface area contributed by atoms with Gasteiger partial charge < -0.3 is 4.90 Å². The van der Waals surface area contributed by atoms with E-state index >= 15 is 0 Å². The quantitative estimate of drug-likeness (QED) is 0.701. The molecule has 0 aromatic carbocycles. The predicted octanol–water partition coefficient (Wildman–Crippen LogP) is 2.02. The molecule has 80 valence electrons. The summed E-state index contributed by atoms with van der Waals surface area (Å²) in [5, 5.41) is 0. The molecule has 0 N–H and O–H groups in total. The van der Waals surface area contributed by atoms with Crippen LogP contribution < -0.4 is 4.90 Å². The Balaban J connectivity index is 2.34. The highest BCUT2D eigenvalue weighted by molar-refractivity contribution is 5.95. The van der Waals surface area contributed by atoms with Crippen molar-refractivity contribution in [1.82, 2.24) is 4.98 Å². The number of hydrogen-bond donors (Lipinski definition) is 0. The van der Waals surface area contributed by atoms with E-state index in [2.05, 4.69) is 4.98 Å². The Morgan fingerprint density at radius 1 is 1.53 bits per heavy atom. The zero-order chi connectivity index (χ0) is 10.8. The summed E-state index contributed by atoms with van der Waals surface area (Å²) in [5.41, 5.74) is 2.24. The lowest BCUT2D eigenvalue weighted by Crippen LogP contribution is -2.38. The van der Waals surface area contributed by atoms with Crippen molar-refractivity contribution in [3.8, 4) is 0 Å². The van der Waals surface area contributed by atoms with E-state index in [1.807, 2.05) is 31.0 Å². The number of pyridine rings is 1. The number of aromatic nitrogens is 1. The number of anilines is 1. The minimum Gasteiger partial charge on any atom is -0.312 e. The summed E-state index contributed by atoms with van der Waals surface area (Å²) in [6.45, 7) is 4.73. The lowest BCUT2D eigenvalue weighted by Gasteiger charge is -2.30. The Kier molecular flexibility index (Phi) is 2.71. The van der Waals surface area contributed by atoms with Crippen molar-refractivity contribution >= 4 is 11.6 Å². The monoisotopic (exact) mass is 204 g/mol. The summed E-state index contributed by atoms with van der Waals surface area (Å²) in [6.07, 6.45) is 5.70. The molecule has 1 aliphatic rings. The van der Waals surface area contributed by atoms with Gasteiger partial charge in [-0.1, -0.05) is 13.8 Å². The van der Waals surface area contributed by atoms with Gasteiger partial charge in [0, 0.05) is 30.5 Å². The molecule has 1 aromatic rings. The number of fused-ring (bicyclic) bond motifs is 1. The van der Waals surface area contributed by atoms with Gasteiger partial charge in [-0.05, 0) is 24.5 Å². The van der Waals surface area contributed by atoms with Crippen LogP contribution in [0.5, 0.6) is 0 Å². The molecule has 0 bridgehead atoms. The van der Waals surface area contributed by atoms with E-state index in [-0.39, 0.29) is 11.8 Å². The second kappa shape index (κ2) is 4.01. The Bertz CT molecular complexity index is 374. The first-order valence-electron chi connectivity index (χ1n) is 5.44. The lowest BCUT2D eigenvalue weighted by atomic mass is 10.0. The molecule has 3 heteroatoms. The van der Waals surface area contributed by atoms with Gasteiger partial charge in [0.25, 0.3) is 0 Å². The molecule has 0 spiro atoms. The Labute approximate surface area is 90.1 Å². The second-order valence-corrected chi connectivity index (χ2v) is 4.25. The van der Waals surface area contributed by atoms with Gasteiger partial charge in [0.1, 0.15) is 0 Å². The van der Waals surface area contributed by atoms with Gasteiger partial charge in [-0.25, -0.2) is 0 Å². The fourth-order valence-corrected chi connectivity index (χ4v) is 1.96. The standard InChI is InChI=1S/C12H16N2O/c1-9(2)12(15)14-7-3-4-10-8-13-6-5-11(10)14/h5-6,8-9H,3-4,7H2,1-2H3. The van der Waals surface area contributed by atoms with E-state index in [9.17, 15) is 4.79 Å². The molecule has 0 radical (unpaired) electrons. The minimum atomic E-state index is 0.0594. The third-order valence-corrected chi connectivity index (χ3v) is 2.76. The van der Waals surface area contributed by atoms with Crippen LogP contribution in [0.15, 0.2) is 18.5 Å². The van der Waals surface area contributed by atoms with Crippen molar-refractivity contribution in [2.45, 2.75) is 26.7 Å². The van der Waals surface area contributed by atoms with Crippen molar-refractivity contribution in [3.63, 3.8) is 0 Å². The van der Waals surface area contributed by atoms with Crippen LogP contribution in [0.4, 0.5) is 5.69 Å². The van der Waals surface area contributed by atoms with Crippen LogP contribution >= 0.6 is 0 Å². The average molecular weight is 204 g/mol. The zero-order valence-electron chi connectivity index (χ0n) is 9.23. The van der Waals surface area contributed by atoms with Crippen LogP contribution in [0.1, 0.15) is 25.8 Å². The fraction of sp³-hybridized carbons (Fsp3) is 0.500.